The van der Waals surface area contributed by atoms with Gasteiger partial charge in [0.25, 0.3) is 0 Å². The highest BCUT2D eigenvalue weighted by Crippen LogP contribution is 2.29. The Hall–Kier alpha value is -2.96. The first-order valence-electron chi connectivity index (χ1n) is 9.80. The summed E-state index contributed by atoms with van der Waals surface area (Å²) >= 11 is 0. The molecule has 1 amide bonds. The second-order valence-corrected chi connectivity index (χ2v) is 7.59. The summed E-state index contributed by atoms with van der Waals surface area (Å²) in [5, 5.41) is 0. The first kappa shape index (κ1) is 20.8. The van der Waals surface area contributed by atoms with Crippen molar-refractivity contribution in [2.45, 2.75) is 39.7 Å². The second kappa shape index (κ2) is 8.59. The maximum Gasteiger partial charge on any atom is 0.354 e. The molecule has 1 aliphatic rings. The van der Waals surface area contributed by atoms with Crippen molar-refractivity contribution in [1.29, 1.82) is 0 Å². The maximum absolute atomic E-state index is 13.2. The van der Waals surface area contributed by atoms with E-state index in [-0.39, 0.29) is 24.2 Å². The molecule has 0 aliphatic heterocycles. The molecule has 154 valence electrons. The Kier molecular flexibility index (Phi) is 6.15. The van der Waals surface area contributed by atoms with Gasteiger partial charge < -0.3 is 14.2 Å². The van der Waals surface area contributed by atoms with E-state index in [1.165, 1.54) is 7.11 Å². The molecular weight excluding hydrogens is 370 g/mol. The second-order valence-electron chi connectivity index (χ2n) is 7.59. The summed E-state index contributed by atoms with van der Waals surface area (Å²) in [7, 11) is 3.05. The number of ether oxygens (including phenoxy) is 1. The summed E-state index contributed by atoms with van der Waals surface area (Å²) in [6.07, 6.45) is 6.17. The van der Waals surface area contributed by atoms with E-state index in [2.05, 4.69) is 4.98 Å². The molecule has 29 heavy (non-hydrogen) atoms. The van der Waals surface area contributed by atoms with Gasteiger partial charge in [-0.1, -0.05) is 12.5 Å². The Bertz CT molecular complexity index is 929. The van der Waals surface area contributed by atoms with E-state index in [0.717, 1.165) is 24.8 Å². The normalized spacial score (nSPS) is 13.7. The number of aromatic nitrogens is 2. The quantitative estimate of drug-likeness (QED) is 0.530. The third-order valence-corrected chi connectivity index (χ3v) is 5.78. The van der Waals surface area contributed by atoms with E-state index in [1.807, 2.05) is 12.1 Å². The van der Waals surface area contributed by atoms with Crippen LogP contribution >= 0.6 is 0 Å². The van der Waals surface area contributed by atoms with E-state index in [0.29, 0.717) is 29.1 Å². The van der Waals surface area contributed by atoms with Crippen LogP contribution in [0.1, 0.15) is 56.9 Å². The van der Waals surface area contributed by atoms with Crippen LogP contribution in [0.5, 0.6) is 0 Å². The molecule has 1 fully saturated rings. The molecule has 0 spiro atoms. The van der Waals surface area contributed by atoms with Gasteiger partial charge >= 0.3 is 5.97 Å². The smallest absolute Gasteiger partial charge is 0.354 e. The SMILES string of the molecule is COC(=O)c1c(C)c(C(=O)CN(Cc2cccnc2)C(=O)C2CCC2)c(C)n1C. The predicted octanol–water partition coefficient (Wildman–Crippen LogP) is 2.84. The highest BCUT2D eigenvalue weighted by molar-refractivity contribution is 6.04. The molecule has 3 rings (SSSR count). The number of nitrogens with zero attached hydrogens (tertiary/aromatic N) is 3. The summed E-state index contributed by atoms with van der Waals surface area (Å²) in [4.78, 5) is 44.0. The summed E-state index contributed by atoms with van der Waals surface area (Å²) in [6, 6.07) is 3.71. The molecule has 2 heterocycles. The lowest BCUT2D eigenvalue weighted by Crippen LogP contribution is -2.41. The average molecular weight is 397 g/mol. The van der Waals surface area contributed by atoms with E-state index < -0.39 is 5.97 Å². The fourth-order valence-corrected chi connectivity index (χ4v) is 3.86. The molecule has 1 saturated carbocycles. The molecule has 7 nitrogen and oxygen atoms in total. The first-order valence-corrected chi connectivity index (χ1v) is 9.80. The standard InChI is InChI=1S/C22H27N3O4/c1-14-19(15(2)24(3)20(14)22(28)29-4)18(26)13-25(21(27)17-8-5-9-17)12-16-7-6-10-23-11-16/h6-7,10-11,17H,5,8-9,12-13H2,1-4H3. The number of methoxy groups -OCH3 is 1. The lowest BCUT2D eigenvalue weighted by atomic mass is 9.84. The third kappa shape index (κ3) is 4.09. The Balaban J connectivity index is 1.88. The number of Topliss-reactive ketones (excluding diaryl/α,β-unsaturated/α-hetero) is 1. The number of hydrogen-bond acceptors (Lipinski definition) is 5. The first-order chi connectivity index (χ1) is 13.8. The van der Waals surface area contributed by atoms with Crippen molar-refractivity contribution < 1.29 is 19.1 Å². The predicted molar refractivity (Wildman–Crippen MR) is 108 cm³/mol. The average Bonchev–Trinajstić information content (AvgIpc) is 2.88. The molecular formula is C22H27N3O4. The van der Waals surface area contributed by atoms with Crippen molar-refractivity contribution in [2.75, 3.05) is 13.7 Å². The molecule has 0 aromatic carbocycles. The van der Waals surface area contributed by atoms with Gasteiger partial charge in [-0.25, -0.2) is 4.79 Å². The van der Waals surface area contributed by atoms with Crippen LogP contribution in [0.25, 0.3) is 0 Å². The Morgan fingerprint density at radius 3 is 2.55 bits per heavy atom. The Morgan fingerprint density at radius 1 is 1.28 bits per heavy atom. The minimum absolute atomic E-state index is 0.00730. The van der Waals surface area contributed by atoms with Gasteiger partial charge in [0, 0.05) is 43.2 Å². The number of rotatable bonds is 7. The molecule has 0 unspecified atom stereocenters. The van der Waals surface area contributed by atoms with E-state index >= 15 is 0 Å². The fourth-order valence-electron chi connectivity index (χ4n) is 3.86. The lowest BCUT2D eigenvalue weighted by molar-refractivity contribution is -0.138. The van der Waals surface area contributed by atoms with Gasteiger partial charge in [-0.3, -0.25) is 14.6 Å². The van der Waals surface area contributed by atoms with Crippen LogP contribution in [0.15, 0.2) is 24.5 Å². The fraction of sp³-hybridized carbons (Fsp3) is 0.455. The summed E-state index contributed by atoms with van der Waals surface area (Å²) in [6.45, 7) is 3.85. The van der Waals surface area contributed by atoms with Gasteiger partial charge in [0.05, 0.1) is 13.7 Å². The Labute approximate surface area is 170 Å². The van der Waals surface area contributed by atoms with E-state index in [1.54, 1.807) is 42.8 Å². The van der Waals surface area contributed by atoms with Gasteiger partial charge in [-0.15, -0.1) is 0 Å². The van der Waals surface area contributed by atoms with E-state index in [9.17, 15) is 14.4 Å². The molecule has 0 N–H and O–H groups in total. The molecule has 2 aromatic heterocycles. The highest BCUT2D eigenvalue weighted by Gasteiger charge is 2.32. The summed E-state index contributed by atoms with van der Waals surface area (Å²) < 4.78 is 6.53. The number of ketones is 1. The van der Waals surface area contributed by atoms with Gasteiger partial charge in [0.2, 0.25) is 5.91 Å². The van der Waals surface area contributed by atoms with Crippen molar-refractivity contribution >= 4 is 17.7 Å². The molecule has 0 bridgehead atoms. The molecule has 7 heteroatoms. The van der Waals surface area contributed by atoms with Gasteiger partial charge in [-0.2, -0.15) is 0 Å². The van der Waals surface area contributed by atoms with Crippen LogP contribution in [-0.2, 0) is 23.1 Å². The topological polar surface area (TPSA) is 81.5 Å². The summed E-state index contributed by atoms with van der Waals surface area (Å²) in [5.74, 6) is -0.664. The maximum atomic E-state index is 13.2. The van der Waals surface area contributed by atoms with Gasteiger partial charge in [0.15, 0.2) is 5.78 Å². The number of esters is 1. The van der Waals surface area contributed by atoms with Crippen molar-refractivity contribution in [3.8, 4) is 0 Å². The minimum atomic E-state index is -0.482. The zero-order valence-electron chi connectivity index (χ0n) is 17.4. The van der Waals surface area contributed by atoms with Crippen molar-refractivity contribution in [3.05, 3.63) is 52.6 Å². The number of hydrogen-bond donors (Lipinski definition) is 0. The Morgan fingerprint density at radius 2 is 2.00 bits per heavy atom. The summed E-state index contributed by atoms with van der Waals surface area (Å²) in [5.41, 5.74) is 2.98. The third-order valence-electron chi connectivity index (χ3n) is 5.78. The van der Waals surface area contributed by atoms with Gasteiger partial charge in [-0.05, 0) is 43.9 Å². The molecule has 1 aliphatic carbocycles. The van der Waals surface area contributed by atoms with Crippen LogP contribution in [0, 0.1) is 19.8 Å². The zero-order valence-corrected chi connectivity index (χ0v) is 17.4. The molecule has 0 atom stereocenters. The highest BCUT2D eigenvalue weighted by atomic mass is 16.5. The number of amides is 1. The largest absolute Gasteiger partial charge is 0.464 e. The monoisotopic (exact) mass is 397 g/mol. The van der Waals surface area contributed by atoms with Crippen molar-refractivity contribution in [3.63, 3.8) is 0 Å². The molecule has 0 radical (unpaired) electrons. The lowest BCUT2D eigenvalue weighted by Gasteiger charge is -2.31. The van der Waals surface area contributed by atoms with Crippen LogP contribution in [0.3, 0.4) is 0 Å². The van der Waals surface area contributed by atoms with E-state index in [4.69, 9.17) is 4.74 Å². The van der Waals surface area contributed by atoms with Crippen LogP contribution < -0.4 is 0 Å². The molecule has 0 saturated heterocycles. The van der Waals surface area contributed by atoms with Crippen LogP contribution in [0.2, 0.25) is 0 Å². The minimum Gasteiger partial charge on any atom is -0.464 e. The van der Waals surface area contributed by atoms with Crippen molar-refractivity contribution in [1.82, 2.24) is 14.5 Å². The number of pyridine rings is 1. The van der Waals surface area contributed by atoms with Crippen LogP contribution in [-0.4, -0.2) is 45.8 Å². The number of carbonyl (C=O) groups is 3. The van der Waals surface area contributed by atoms with Crippen molar-refractivity contribution in [2.24, 2.45) is 13.0 Å². The molecule has 2 aromatic rings. The van der Waals surface area contributed by atoms with Gasteiger partial charge in [0.1, 0.15) is 5.69 Å². The number of carbonyl (C=O) groups excluding carboxylic acids is 3. The zero-order chi connectivity index (χ0) is 21.1. The van der Waals surface area contributed by atoms with Crippen LogP contribution in [0.4, 0.5) is 0 Å².